The minimum atomic E-state index is -0.838. The van der Waals surface area contributed by atoms with Gasteiger partial charge in [-0.1, -0.05) is 73.9 Å². The van der Waals surface area contributed by atoms with Gasteiger partial charge in [0.15, 0.2) is 5.60 Å². The molecule has 1 saturated carbocycles. The highest BCUT2D eigenvalue weighted by Gasteiger charge is 2.48. The van der Waals surface area contributed by atoms with Crippen molar-refractivity contribution in [3.8, 4) is 28.4 Å². The molecule has 1 aliphatic heterocycles. The topological polar surface area (TPSA) is 27.7 Å². The molecular weight excluding hydrogens is 605 g/mol. The summed E-state index contributed by atoms with van der Waals surface area (Å²) in [6.07, 6.45) is 15.2. The van der Waals surface area contributed by atoms with Crippen molar-refractivity contribution in [2.24, 2.45) is 0 Å². The average Bonchev–Trinajstić information content (AvgIpc) is 3.40. The third kappa shape index (κ3) is 4.28. The average molecular weight is 643 g/mol. The summed E-state index contributed by atoms with van der Waals surface area (Å²) in [5.74, 6) is 2.62. The Morgan fingerprint density at radius 3 is 1.87 bits per heavy atom. The Hall–Kier alpha value is -3.80. The highest BCUT2D eigenvalue weighted by molar-refractivity contribution is 8.01. The summed E-state index contributed by atoms with van der Waals surface area (Å²) in [7, 11) is 3.42. The van der Waals surface area contributed by atoms with Gasteiger partial charge >= 0.3 is 0 Å². The van der Waals surface area contributed by atoms with Gasteiger partial charge in [0, 0.05) is 37.3 Å². The van der Waals surface area contributed by atoms with Crippen molar-refractivity contribution in [1.29, 1.82) is 0 Å². The van der Waals surface area contributed by atoms with Crippen LogP contribution in [-0.4, -0.2) is 26.7 Å². The van der Waals surface area contributed by atoms with Crippen LogP contribution >= 0.6 is 23.5 Å². The lowest BCUT2D eigenvalue weighted by atomic mass is 9.66. The zero-order chi connectivity index (χ0) is 31.5. The number of methoxy groups -OCH3 is 2. The zero-order valence-corrected chi connectivity index (χ0v) is 28.4. The largest absolute Gasteiger partial charge is 0.497 e. The van der Waals surface area contributed by atoms with E-state index in [-0.39, 0.29) is 5.41 Å². The van der Waals surface area contributed by atoms with Crippen LogP contribution in [0.3, 0.4) is 0 Å². The molecule has 5 heteroatoms. The van der Waals surface area contributed by atoms with Crippen molar-refractivity contribution < 1.29 is 14.2 Å². The number of hydrogen-bond acceptors (Lipinski definition) is 5. The normalized spacial score (nSPS) is 16.9. The number of benzene rings is 5. The SMILES string of the molecule is COc1ccc(C2(c3ccc(OC)cc3)C=Cc3c4c(c5cc(SC)c(SC)cc5c3O2)-c2ccccc2C42CCCCC2)cc1. The zero-order valence-electron chi connectivity index (χ0n) is 26.8. The highest BCUT2D eigenvalue weighted by atomic mass is 32.2. The molecule has 0 saturated heterocycles. The smallest absolute Gasteiger partial charge is 0.178 e. The predicted octanol–water partition coefficient (Wildman–Crippen LogP) is 10.9. The van der Waals surface area contributed by atoms with Crippen LogP contribution in [-0.2, 0) is 11.0 Å². The summed E-state index contributed by atoms with van der Waals surface area (Å²) in [5, 5.41) is 2.47. The Bertz CT molecular complexity index is 1940. The fraction of sp³-hybridized carbons (Fsp3) is 0.268. The van der Waals surface area contributed by atoms with Crippen LogP contribution in [0.5, 0.6) is 17.2 Å². The fourth-order valence-corrected chi connectivity index (χ4v) is 9.82. The second-order valence-electron chi connectivity index (χ2n) is 12.6. The van der Waals surface area contributed by atoms with Crippen molar-refractivity contribution in [2.75, 3.05) is 26.7 Å². The molecule has 0 atom stereocenters. The summed E-state index contributed by atoms with van der Waals surface area (Å²) in [6, 6.07) is 30.7. The van der Waals surface area contributed by atoms with Gasteiger partial charge in [-0.15, -0.1) is 23.5 Å². The van der Waals surface area contributed by atoms with Crippen LogP contribution < -0.4 is 14.2 Å². The van der Waals surface area contributed by atoms with Crippen molar-refractivity contribution >= 4 is 40.4 Å². The molecule has 232 valence electrons. The van der Waals surface area contributed by atoms with Crippen LogP contribution in [0.1, 0.15) is 59.9 Å². The summed E-state index contributed by atoms with van der Waals surface area (Å²) < 4.78 is 18.7. The molecule has 0 N–H and O–H groups in total. The first kappa shape index (κ1) is 29.6. The maximum Gasteiger partial charge on any atom is 0.178 e. The Morgan fingerprint density at radius 1 is 0.696 bits per heavy atom. The lowest BCUT2D eigenvalue weighted by Crippen LogP contribution is -2.35. The first-order chi connectivity index (χ1) is 22.6. The van der Waals surface area contributed by atoms with Gasteiger partial charge in [0.05, 0.1) is 14.2 Å². The van der Waals surface area contributed by atoms with E-state index < -0.39 is 5.60 Å². The van der Waals surface area contributed by atoms with Crippen molar-refractivity contribution in [3.63, 3.8) is 0 Å². The van der Waals surface area contributed by atoms with Crippen LogP contribution in [0.25, 0.3) is 28.0 Å². The molecule has 3 aliphatic rings. The second kappa shape index (κ2) is 11.5. The van der Waals surface area contributed by atoms with E-state index in [0.717, 1.165) is 28.4 Å². The molecule has 0 unspecified atom stereocenters. The van der Waals surface area contributed by atoms with Crippen LogP contribution in [0.4, 0.5) is 0 Å². The van der Waals surface area contributed by atoms with Crippen molar-refractivity contribution in [1.82, 2.24) is 0 Å². The van der Waals surface area contributed by atoms with Gasteiger partial charge in [-0.05, 0) is 95.5 Å². The third-order valence-corrected chi connectivity index (χ3v) is 12.2. The molecule has 5 aromatic rings. The van der Waals surface area contributed by atoms with Gasteiger partial charge in [-0.2, -0.15) is 0 Å². The van der Waals surface area contributed by atoms with E-state index >= 15 is 0 Å². The Balaban J connectivity index is 1.46. The van der Waals surface area contributed by atoms with Gasteiger partial charge in [-0.25, -0.2) is 0 Å². The molecule has 3 nitrogen and oxygen atoms in total. The van der Waals surface area contributed by atoms with Gasteiger partial charge < -0.3 is 14.2 Å². The monoisotopic (exact) mass is 642 g/mol. The van der Waals surface area contributed by atoms with E-state index in [0.29, 0.717) is 0 Å². The summed E-state index contributed by atoms with van der Waals surface area (Å²) in [5.41, 5.74) is 8.26. The van der Waals surface area contributed by atoms with Crippen molar-refractivity contribution in [2.45, 2.75) is 52.9 Å². The third-order valence-electron chi connectivity index (χ3n) is 10.5. The van der Waals surface area contributed by atoms with E-state index in [2.05, 4.69) is 85.3 Å². The molecule has 0 bridgehead atoms. The van der Waals surface area contributed by atoms with Gasteiger partial charge in [0.2, 0.25) is 0 Å². The molecular formula is C41H38O3S2. The molecule has 0 radical (unpaired) electrons. The quantitative estimate of drug-likeness (QED) is 0.172. The standard InChI is InChI=1S/C41H38O3S2/c1-42-28-16-12-26(13-17-28)41(27-14-18-29(43-2)19-15-27)23-20-31-38-37(30-10-6-7-11-34(30)40(38)21-8-5-9-22-40)32-24-35(45-3)36(46-4)25-33(32)39(31)44-41/h6-7,10-20,23-25H,5,8-9,21-22H2,1-4H3. The lowest BCUT2D eigenvalue weighted by molar-refractivity contribution is 0.163. The van der Waals surface area contributed by atoms with Gasteiger partial charge in [0.25, 0.3) is 0 Å². The van der Waals surface area contributed by atoms with Gasteiger partial charge in [0.1, 0.15) is 17.2 Å². The van der Waals surface area contributed by atoms with E-state index in [1.807, 2.05) is 36.0 Å². The molecule has 1 heterocycles. The predicted molar refractivity (Wildman–Crippen MR) is 193 cm³/mol. The van der Waals surface area contributed by atoms with E-state index in [1.54, 1.807) is 26.0 Å². The molecule has 0 amide bonds. The fourth-order valence-electron chi connectivity index (χ4n) is 8.33. The molecule has 1 fully saturated rings. The van der Waals surface area contributed by atoms with E-state index in [9.17, 15) is 0 Å². The summed E-state index contributed by atoms with van der Waals surface area (Å²) >= 11 is 3.63. The Morgan fingerprint density at radius 2 is 1.28 bits per heavy atom. The number of rotatable bonds is 6. The molecule has 46 heavy (non-hydrogen) atoms. The highest BCUT2D eigenvalue weighted by Crippen LogP contribution is 2.62. The first-order valence-electron chi connectivity index (χ1n) is 16.1. The maximum absolute atomic E-state index is 7.60. The number of fused-ring (bicyclic) bond motifs is 10. The van der Waals surface area contributed by atoms with Gasteiger partial charge in [-0.3, -0.25) is 0 Å². The van der Waals surface area contributed by atoms with E-state index in [1.165, 1.54) is 80.5 Å². The molecule has 8 rings (SSSR count). The van der Waals surface area contributed by atoms with Crippen LogP contribution in [0, 0.1) is 0 Å². The van der Waals surface area contributed by atoms with Crippen LogP contribution in [0.15, 0.2) is 101 Å². The molecule has 5 aromatic carbocycles. The molecule has 2 aliphatic carbocycles. The Kier molecular flexibility index (Phi) is 7.38. The summed E-state index contributed by atoms with van der Waals surface area (Å²) in [4.78, 5) is 2.59. The minimum Gasteiger partial charge on any atom is -0.497 e. The number of thioether (sulfide) groups is 2. The summed E-state index contributed by atoms with van der Waals surface area (Å²) in [6.45, 7) is 0. The minimum absolute atomic E-state index is 0.00588. The molecule has 1 spiro atoms. The first-order valence-corrected chi connectivity index (χ1v) is 18.5. The van der Waals surface area contributed by atoms with E-state index in [4.69, 9.17) is 14.2 Å². The second-order valence-corrected chi connectivity index (χ2v) is 14.3. The van der Waals surface area contributed by atoms with Crippen LogP contribution in [0.2, 0.25) is 0 Å². The lowest BCUT2D eigenvalue weighted by Gasteiger charge is -2.41. The molecule has 0 aromatic heterocycles. The number of ether oxygens (including phenoxy) is 3. The Labute approximate surface area is 280 Å². The maximum atomic E-state index is 7.60. The number of hydrogen-bond donors (Lipinski definition) is 0. The van der Waals surface area contributed by atoms with Crippen molar-refractivity contribution in [3.05, 3.63) is 119 Å².